The van der Waals surface area contributed by atoms with Crippen LogP contribution < -0.4 is 5.32 Å². The normalized spacial score (nSPS) is 18.5. The molecular formula is C17H24N2O4. The van der Waals surface area contributed by atoms with Gasteiger partial charge in [-0.25, -0.2) is 0 Å². The van der Waals surface area contributed by atoms with Crippen molar-refractivity contribution in [3.8, 4) is 0 Å². The number of ether oxygens (including phenoxy) is 1. The molecule has 0 spiro atoms. The van der Waals surface area contributed by atoms with Gasteiger partial charge in [0.2, 0.25) is 0 Å². The Hall–Kier alpha value is -1.92. The Balaban J connectivity index is 1.60. The fourth-order valence-corrected chi connectivity index (χ4v) is 2.75. The summed E-state index contributed by atoms with van der Waals surface area (Å²) in [7, 11) is 0. The smallest absolute Gasteiger partial charge is 0.317 e. The molecule has 0 unspecified atom stereocenters. The highest BCUT2D eigenvalue weighted by molar-refractivity contribution is 5.69. The Labute approximate surface area is 136 Å². The van der Waals surface area contributed by atoms with E-state index in [1.807, 2.05) is 35.2 Å². The van der Waals surface area contributed by atoms with Crippen molar-refractivity contribution >= 4 is 11.9 Å². The number of esters is 1. The zero-order valence-corrected chi connectivity index (χ0v) is 13.2. The van der Waals surface area contributed by atoms with E-state index in [-0.39, 0.29) is 18.6 Å². The second-order valence-corrected chi connectivity index (χ2v) is 5.82. The number of likely N-dealkylation sites (tertiary alicyclic amines) is 1. The summed E-state index contributed by atoms with van der Waals surface area (Å²) in [5.41, 5.74) is 0.977. The highest BCUT2D eigenvalue weighted by atomic mass is 16.5. The van der Waals surface area contributed by atoms with Crippen molar-refractivity contribution in [3.63, 3.8) is 0 Å². The van der Waals surface area contributed by atoms with Gasteiger partial charge in [-0.05, 0) is 24.9 Å². The van der Waals surface area contributed by atoms with E-state index >= 15 is 0 Å². The molecular weight excluding hydrogens is 296 g/mol. The molecule has 0 radical (unpaired) electrons. The standard InChI is InChI=1S/C17H24N2O4/c20-16(21)12-19-10-4-7-15(11-19)18-9-8-17(22)23-13-14-5-2-1-3-6-14/h1-3,5-6,15,18H,4,7-13H2,(H,20,21)/t15-/m0/s1. The number of carboxylic acid groups (broad SMARTS) is 1. The molecule has 1 aliphatic heterocycles. The maximum Gasteiger partial charge on any atom is 0.317 e. The van der Waals surface area contributed by atoms with Crippen molar-refractivity contribution in [2.45, 2.75) is 31.9 Å². The monoisotopic (exact) mass is 320 g/mol. The molecule has 23 heavy (non-hydrogen) atoms. The van der Waals surface area contributed by atoms with Crippen LogP contribution >= 0.6 is 0 Å². The van der Waals surface area contributed by atoms with E-state index in [9.17, 15) is 9.59 Å². The van der Waals surface area contributed by atoms with Gasteiger partial charge in [0.1, 0.15) is 6.61 Å². The molecule has 0 amide bonds. The van der Waals surface area contributed by atoms with E-state index < -0.39 is 5.97 Å². The second-order valence-electron chi connectivity index (χ2n) is 5.82. The summed E-state index contributed by atoms with van der Waals surface area (Å²) in [6, 6.07) is 9.83. The summed E-state index contributed by atoms with van der Waals surface area (Å²) in [4.78, 5) is 24.4. The average molecular weight is 320 g/mol. The lowest BCUT2D eigenvalue weighted by atomic mass is 10.1. The van der Waals surface area contributed by atoms with Crippen LogP contribution in [0.5, 0.6) is 0 Å². The van der Waals surface area contributed by atoms with Crippen LogP contribution in [0.4, 0.5) is 0 Å². The lowest BCUT2D eigenvalue weighted by molar-refractivity contribution is -0.144. The molecule has 1 atom stereocenters. The number of piperidine rings is 1. The number of nitrogens with zero attached hydrogens (tertiary/aromatic N) is 1. The zero-order chi connectivity index (χ0) is 16.5. The fourth-order valence-electron chi connectivity index (χ4n) is 2.75. The molecule has 1 saturated heterocycles. The number of carbonyl (C=O) groups excluding carboxylic acids is 1. The van der Waals surface area contributed by atoms with Gasteiger partial charge in [-0.15, -0.1) is 0 Å². The molecule has 0 bridgehead atoms. The van der Waals surface area contributed by atoms with E-state index in [0.29, 0.717) is 26.1 Å². The Morgan fingerprint density at radius 3 is 2.83 bits per heavy atom. The van der Waals surface area contributed by atoms with Gasteiger partial charge in [-0.1, -0.05) is 30.3 Å². The van der Waals surface area contributed by atoms with Gasteiger partial charge < -0.3 is 15.2 Å². The van der Waals surface area contributed by atoms with Crippen LogP contribution in [0.1, 0.15) is 24.8 Å². The molecule has 1 heterocycles. The Kier molecular flexibility index (Phi) is 7.03. The van der Waals surface area contributed by atoms with E-state index in [1.54, 1.807) is 0 Å². The predicted molar refractivity (Wildman–Crippen MR) is 86.0 cm³/mol. The zero-order valence-electron chi connectivity index (χ0n) is 13.2. The minimum absolute atomic E-state index is 0.0807. The number of aliphatic carboxylic acids is 1. The van der Waals surface area contributed by atoms with Gasteiger partial charge >= 0.3 is 11.9 Å². The van der Waals surface area contributed by atoms with Gasteiger partial charge in [-0.3, -0.25) is 14.5 Å². The Morgan fingerprint density at radius 1 is 1.30 bits per heavy atom. The first-order valence-corrected chi connectivity index (χ1v) is 8.00. The fraction of sp³-hybridized carbons (Fsp3) is 0.529. The van der Waals surface area contributed by atoms with Crippen molar-refractivity contribution in [1.82, 2.24) is 10.2 Å². The Bertz CT molecular complexity index is 507. The summed E-state index contributed by atoms with van der Waals surface area (Å²) >= 11 is 0. The van der Waals surface area contributed by atoms with E-state index in [4.69, 9.17) is 9.84 Å². The third-order valence-corrected chi connectivity index (χ3v) is 3.87. The van der Waals surface area contributed by atoms with Gasteiger partial charge in [-0.2, -0.15) is 0 Å². The summed E-state index contributed by atoms with van der Waals surface area (Å²) in [5, 5.41) is 12.1. The minimum atomic E-state index is -0.796. The van der Waals surface area contributed by atoms with Crippen LogP contribution in [0.3, 0.4) is 0 Å². The number of carboxylic acids is 1. The van der Waals surface area contributed by atoms with Crippen LogP contribution in [0, 0.1) is 0 Å². The predicted octanol–water partition coefficient (Wildman–Crippen LogP) is 1.26. The molecule has 6 nitrogen and oxygen atoms in total. The largest absolute Gasteiger partial charge is 0.480 e. The molecule has 6 heteroatoms. The number of nitrogens with one attached hydrogen (secondary N) is 1. The SMILES string of the molecule is O=C(O)CN1CCC[C@H](NCCC(=O)OCc2ccccc2)C1. The molecule has 0 aromatic heterocycles. The first-order valence-electron chi connectivity index (χ1n) is 8.00. The quantitative estimate of drug-likeness (QED) is 0.702. The molecule has 0 saturated carbocycles. The summed E-state index contributed by atoms with van der Waals surface area (Å²) in [6.45, 7) is 2.47. The topological polar surface area (TPSA) is 78.9 Å². The molecule has 2 N–H and O–H groups in total. The molecule has 2 rings (SSSR count). The molecule has 0 aliphatic carbocycles. The molecule has 1 aromatic rings. The van der Waals surface area contributed by atoms with Crippen LogP contribution in [0.25, 0.3) is 0 Å². The van der Waals surface area contributed by atoms with Crippen molar-refractivity contribution in [3.05, 3.63) is 35.9 Å². The minimum Gasteiger partial charge on any atom is -0.480 e. The van der Waals surface area contributed by atoms with Crippen molar-refractivity contribution in [1.29, 1.82) is 0 Å². The van der Waals surface area contributed by atoms with Crippen LogP contribution in [0.15, 0.2) is 30.3 Å². The second kappa shape index (κ2) is 9.27. The maximum absolute atomic E-state index is 11.7. The summed E-state index contributed by atoms with van der Waals surface area (Å²) in [5.74, 6) is -1.02. The number of hydrogen-bond donors (Lipinski definition) is 2. The lowest BCUT2D eigenvalue weighted by Gasteiger charge is -2.32. The number of carbonyl (C=O) groups is 2. The van der Waals surface area contributed by atoms with Crippen LogP contribution in [0.2, 0.25) is 0 Å². The number of benzene rings is 1. The average Bonchev–Trinajstić information content (AvgIpc) is 2.54. The van der Waals surface area contributed by atoms with Gasteiger partial charge in [0.05, 0.1) is 13.0 Å². The van der Waals surface area contributed by atoms with E-state index in [2.05, 4.69) is 5.32 Å². The van der Waals surface area contributed by atoms with E-state index in [1.165, 1.54) is 0 Å². The lowest BCUT2D eigenvalue weighted by Crippen LogP contribution is -2.47. The van der Waals surface area contributed by atoms with Crippen molar-refractivity contribution in [2.24, 2.45) is 0 Å². The maximum atomic E-state index is 11.7. The van der Waals surface area contributed by atoms with Crippen molar-refractivity contribution < 1.29 is 19.4 Å². The van der Waals surface area contributed by atoms with Gasteiger partial charge in [0, 0.05) is 19.1 Å². The summed E-state index contributed by atoms with van der Waals surface area (Å²) in [6.07, 6.45) is 2.31. The van der Waals surface area contributed by atoms with Gasteiger partial charge in [0.15, 0.2) is 0 Å². The first-order chi connectivity index (χ1) is 11.1. The van der Waals surface area contributed by atoms with Gasteiger partial charge in [0.25, 0.3) is 0 Å². The highest BCUT2D eigenvalue weighted by Gasteiger charge is 2.21. The first kappa shape index (κ1) is 17.4. The molecule has 1 fully saturated rings. The number of rotatable bonds is 8. The van der Waals surface area contributed by atoms with Crippen LogP contribution in [-0.4, -0.2) is 54.2 Å². The highest BCUT2D eigenvalue weighted by Crippen LogP contribution is 2.09. The van der Waals surface area contributed by atoms with Crippen LogP contribution in [-0.2, 0) is 20.9 Å². The summed E-state index contributed by atoms with van der Waals surface area (Å²) < 4.78 is 5.22. The third-order valence-electron chi connectivity index (χ3n) is 3.87. The number of hydrogen-bond acceptors (Lipinski definition) is 5. The van der Waals surface area contributed by atoms with Crippen molar-refractivity contribution in [2.75, 3.05) is 26.2 Å². The molecule has 1 aliphatic rings. The molecule has 126 valence electrons. The molecule has 1 aromatic carbocycles. The Morgan fingerprint density at radius 2 is 2.09 bits per heavy atom. The van der Waals surface area contributed by atoms with E-state index in [0.717, 1.165) is 24.9 Å². The third kappa shape index (κ3) is 6.80.